The van der Waals surface area contributed by atoms with Gasteiger partial charge in [0.15, 0.2) is 0 Å². The Bertz CT molecular complexity index is 242. The van der Waals surface area contributed by atoms with Crippen molar-refractivity contribution in [3.8, 4) is 0 Å². The third-order valence-electron chi connectivity index (χ3n) is 1.98. The van der Waals surface area contributed by atoms with Crippen LogP contribution < -0.4 is 5.73 Å². The molecule has 0 saturated carbocycles. The molecular weight excluding hydrogens is 154 g/mol. The lowest BCUT2D eigenvalue weighted by atomic mass is 10.0. The molecule has 0 aliphatic carbocycles. The molecule has 0 fully saturated rings. The van der Waals surface area contributed by atoms with Gasteiger partial charge in [0.05, 0.1) is 18.4 Å². The maximum absolute atomic E-state index is 9.25. The number of rotatable bonds is 3. The number of hydrogen-bond acceptors (Lipinski definition) is 3. The molecule has 3 heteroatoms. The van der Waals surface area contributed by atoms with E-state index in [1.54, 1.807) is 13.2 Å². The molecule has 0 aliphatic heterocycles. The summed E-state index contributed by atoms with van der Waals surface area (Å²) in [5, 5.41) is 9.25. The van der Waals surface area contributed by atoms with Gasteiger partial charge in [0.1, 0.15) is 5.76 Å². The molecule has 0 amide bonds. The molecule has 1 heterocycles. The van der Waals surface area contributed by atoms with Crippen molar-refractivity contribution in [2.75, 3.05) is 0 Å². The Hall–Kier alpha value is -0.800. The zero-order chi connectivity index (χ0) is 9.14. The first-order valence-corrected chi connectivity index (χ1v) is 4.16. The van der Waals surface area contributed by atoms with Crippen LogP contribution >= 0.6 is 0 Å². The summed E-state index contributed by atoms with van der Waals surface area (Å²) in [6.45, 7) is 3.67. The van der Waals surface area contributed by atoms with Gasteiger partial charge in [-0.15, -0.1) is 0 Å². The Morgan fingerprint density at radius 2 is 2.33 bits per heavy atom. The topological polar surface area (TPSA) is 59.4 Å². The average Bonchev–Trinajstić information content (AvgIpc) is 2.49. The molecule has 0 radical (unpaired) electrons. The second-order valence-electron chi connectivity index (χ2n) is 2.92. The van der Waals surface area contributed by atoms with Crippen LogP contribution in [0, 0.1) is 0 Å². The second-order valence-corrected chi connectivity index (χ2v) is 2.92. The minimum atomic E-state index is -0.534. The molecule has 1 aromatic heterocycles. The van der Waals surface area contributed by atoms with Gasteiger partial charge in [-0.1, -0.05) is 6.92 Å². The molecule has 1 rings (SSSR count). The van der Waals surface area contributed by atoms with Gasteiger partial charge in [0.25, 0.3) is 0 Å². The molecule has 0 unspecified atom stereocenters. The molecule has 3 nitrogen and oxygen atoms in total. The Morgan fingerprint density at radius 1 is 1.67 bits per heavy atom. The van der Waals surface area contributed by atoms with E-state index in [1.807, 2.05) is 13.0 Å². The molecule has 0 spiro atoms. The fraction of sp³-hybridized carbons (Fsp3) is 0.556. The molecule has 68 valence electrons. The van der Waals surface area contributed by atoms with Crippen molar-refractivity contribution in [1.29, 1.82) is 0 Å². The van der Waals surface area contributed by atoms with Crippen molar-refractivity contribution in [2.45, 2.75) is 32.4 Å². The van der Waals surface area contributed by atoms with Gasteiger partial charge in [-0.25, -0.2) is 0 Å². The molecule has 0 saturated heterocycles. The minimum Gasteiger partial charge on any atom is -0.469 e. The highest BCUT2D eigenvalue weighted by Crippen LogP contribution is 2.20. The van der Waals surface area contributed by atoms with Crippen LogP contribution in [0.5, 0.6) is 0 Å². The van der Waals surface area contributed by atoms with Gasteiger partial charge in [0, 0.05) is 12.0 Å². The van der Waals surface area contributed by atoms with E-state index in [0.717, 1.165) is 17.7 Å². The number of aliphatic hydroxyl groups is 1. The summed E-state index contributed by atoms with van der Waals surface area (Å²) in [6.07, 6.45) is 1.88. The van der Waals surface area contributed by atoms with Crippen molar-refractivity contribution in [2.24, 2.45) is 5.73 Å². The Kier molecular flexibility index (Phi) is 2.89. The summed E-state index contributed by atoms with van der Waals surface area (Å²) in [7, 11) is 0. The first kappa shape index (κ1) is 9.29. The smallest absolute Gasteiger partial charge is 0.108 e. The van der Waals surface area contributed by atoms with Crippen LogP contribution in [0.1, 0.15) is 31.2 Å². The van der Waals surface area contributed by atoms with Crippen LogP contribution in [-0.2, 0) is 6.42 Å². The van der Waals surface area contributed by atoms with Gasteiger partial charge < -0.3 is 15.3 Å². The van der Waals surface area contributed by atoms with Gasteiger partial charge in [-0.05, 0) is 13.0 Å². The number of furan rings is 1. The maximum Gasteiger partial charge on any atom is 0.108 e. The van der Waals surface area contributed by atoms with E-state index in [1.165, 1.54) is 0 Å². The standard InChI is InChI=1S/C9H15NO2/c1-3-8-7(4-5-12-8)9(10)6(2)11/h4-6,9,11H,3,10H2,1-2H3/t6-,9+/m1/s1. The maximum atomic E-state index is 9.25. The van der Waals surface area contributed by atoms with Crippen LogP contribution in [0.3, 0.4) is 0 Å². The summed E-state index contributed by atoms with van der Waals surface area (Å²) >= 11 is 0. The third kappa shape index (κ3) is 1.68. The van der Waals surface area contributed by atoms with E-state index < -0.39 is 6.10 Å². The predicted molar refractivity (Wildman–Crippen MR) is 46.7 cm³/mol. The van der Waals surface area contributed by atoms with E-state index in [-0.39, 0.29) is 6.04 Å². The van der Waals surface area contributed by atoms with Gasteiger partial charge in [0.2, 0.25) is 0 Å². The molecule has 0 aromatic carbocycles. The minimum absolute atomic E-state index is 0.335. The zero-order valence-electron chi connectivity index (χ0n) is 7.45. The highest BCUT2D eigenvalue weighted by molar-refractivity contribution is 5.21. The first-order valence-electron chi connectivity index (χ1n) is 4.16. The molecule has 12 heavy (non-hydrogen) atoms. The van der Waals surface area contributed by atoms with Crippen molar-refractivity contribution in [3.05, 3.63) is 23.7 Å². The highest BCUT2D eigenvalue weighted by atomic mass is 16.3. The Balaban J connectivity index is 2.86. The molecule has 3 N–H and O–H groups in total. The fourth-order valence-corrected chi connectivity index (χ4v) is 1.19. The number of nitrogens with two attached hydrogens (primary N) is 1. The van der Waals surface area contributed by atoms with Crippen LogP contribution in [0.15, 0.2) is 16.7 Å². The van der Waals surface area contributed by atoms with Gasteiger partial charge in [-0.3, -0.25) is 0 Å². The van der Waals surface area contributed by atoms with Crippen LogP contribution in [0.2, 0.25) is 0 Å². The molecular formula is C9H15NO2. The number of hydrogen-bond donors (Lipinski definition) is 2. The molecule has 1 aromatic rings. The SMILES string of the molecule is CCc1occc1[C@@H](N)[C@@H](C)O. The van der Waals surface area contributed by atoms with E-state index in [0.29, 0.717) is 0 Å². The number of aliphatic hydroxyl groups excluding tert-OH is 1. The molecule has 2 atom stereocenters. The predicted octanol–water partition coefficient (Wildman–Crippen LogP) is 1.22. The number of aryl methyl sites for hydroxylation is 1. The summed E-state index contributed by atoms with van der Waals surface area (Å²) in [4.78, 5) is 0. The average molecular weight is 169 g/mol. The van der Waals surface area contributed by atoms with E-state index in [2.05, 4.69) is 0 Å². The lowest BCUT2D eigenvalue weighted by Gasteiger charge is -2.13. The highest BCUT2D eigenvalue weighted by Gasteiger charge is 2.16. The zero-order valence-corrected chi connectivity index (χ0v) is 7.45. The molecule has 0 bridgehead atoms. The fourth-order valence-electron chi connectivity index (χ4n) is 1.19. The van der Waals surface area contributed by atoms with E-state index in [4.69, 9.17) is 10.2 Å². The van der Waals surface area contributed by atoms with Crippen molar-refractivity contribution in [1.82, 2.24) is 0 Å². The summed E-state index contributed by atoms with van der Waals surface area (Å²) in [5.74, 6) is 0.864. The van der Waals surface area contributed by atoms with Crippen molar-refractivity contribution in [3.63, 3.8) is 0 Å². The summed E-state index contributed by atoms with van der Waals surface area (Å²) in [6, 6.07) is 1.48. The van der Waals surface area contributed by atoms with Gasteiger partial charge >= 0.3 is 0 Å². The lowest BCUT2D eigenvalue weighted by molar-refractivity contribution is 0.163. The van der Waals surface area contributed by atoms with E-state index in [9.17, 15) is 5.11 Å². The van der Waals surface area contributed by atoms with Crippen LogP contribution in [0.25, 0.3) is 0 Å². The quantitative estimate of drug-likeness (QED) is 0.715. The summed E-state index contributed by atoms with van der Waals surface area (Å²) in [5.41, 5.74) is 6.66. The van der Waals surface area contributed by atoms with Crippen molar-refractivity contribution >= 4 is 0 Å². The summed E-state index contributed by atoms with van der Waals surface area (Å²) < 4.78 is 5.19. The van der Waals surface area contributed by atoms with Crippen LogP contribution in [-0.4, -0.2) is 11.2 Å². The normalized spacial score (nSPS) is 16.0. The Morgan fingerprint density at radius 3 is 2.83 bits per heavy atom. The first-order chi connectivity index (χ1) is 5.66. The lowest BCUT2D eigenvalue weighted by Crippen LogP contribution is -2.23. The van der Waals surface area contributed by atoms with Gasteiger partial charge in [-0.2, -0.15) is 0 Å². The largest absolute Gasteiger partial charge is 0.469 e. The monoisotopic (exact) mass is 169 g/mol. The van der Waals surface area contributed by atoms with E-state index >= 15 is 0 Å². The van der Waals surface area contributed by atoms with Crippen LogP contribution in [0.4, 0.5) is 0 Å². The second kappa shape index (κ2) is 3.74. The molecule has 0 aliphatic rings. The van der Waals surface area contributed by atoms with Crippen molar-refractivity contribution < 1.29 is 9.52 Å². The Labute approximate surface area is 72.2 Å². The third-order valence-corrected chi connectivity index (χ3v) is 1.98.